The highest BCUT2D eigenvalue weighted by Gasteiger charge is 2.20. The molecule has 0 bridgehead atoms. The van der Waals surface area contributed by atoms with E-state index in [0.717, 1.165) is 16.6 Å². The molecule has 120 valence electrons. The van der Waals surface area contributed by atoms with Gasteiger partial charge in [-0.05, 0) is 18.6 Å². The summed E-state index contributed by atoms with van der Waals surface area (Å²) in [6, 6.07) is 8.03. The van der Waals surface area contributed by atoms with Crippen LogP contribution < -0.4 is 5.32 Å². The molecule has 0 aliphatic rings. The van der Waals surface area contributed by atoms with E-state index in [1.165, 1.54) is 10.9 Å². The number of aryl methyl sites for hydroxylation is 2. The van der Waals surface area contributed by atoms with Crippen LogP contribution in [0.2, 0.25) is 0 Å². The second kappa shape index (κ2) is 5.81. The maximum atomic E-state index is 4.31. The first-order valence-corrected chi connectivity index (χ1v) is 7.81. The lowest BCUT2D eigenvalue weighted by molar-refractivity contribution is 0.766. The molecule has 4 aromatic rings. The number of rotatable bonds is 4. The van der Waals surface area contributed by atoms with Crippen LogP contribution in [0.3, 0.4) is 0 Å². The van der Waals surface area contributed by atoms with Crippen LogP contribution in [0.15, 0.2) is 55.2 Å². The molecule has 1 aromatic carbocycles. The van der Waals surface area contributed by atoms with E-state index in [1.807, 2.05) is 25.6 Å². The van der Waals surface area contributed by atoms with E-state index in [9.17, 15) is 0 Å². The number of benzene rings is 1. The van der Waals surface area contributed by atoms with Crippen LogP contribution in [0.4, 0.5) is 5.95 Å². The van der Waals surface area contributed by atoms with Gasteiger partial charge in [-0.15, -0.1) is 0 Å². The molecule has 0 aliphatic carbocycles. The van der Waals surface area contributed by atoms with Crippen LogP contribution in [0, 0.1) is 6.92 Å². The van der Waals surface area contributed by atoms with Crippen molar-refractivity contribution in [3.8, 4) is 0 Å². The Bertz CT molecular complexity index is 970. The summed E-state index contributed by atoms with van der Waals surface area (Å²) in [6.07, 6.45) is 9.39. The lowest BCUT2D eigenvalue weighted by atomic mass is 10.00. The van der Waals surface area contributed by atoms with Crippen molar-refractivity contribution in [1.29, 1.82) is 0 Å². The van der Waals surface area contributed by atoms with Crippen LogP contribution in [0.5, 0.6) is 0 Å². The summed E-state index contributed by atoms with van der Waals surface area (Å²) in [7, 11) is 1.92. The first kappa shape index (κ1) is 14.4. The molecule has 0 saturated carbocycles. The molecule has 2 N–H and O–H groups in total. The number of nitrogens with zero attached hydrogens (tertiary/aromatic N) is 4. The Hall–Kier alpha value is -3.15. The first-order chi connectivity index (χ1) is 11.7. The highest BCUT2D eigenvalue weighted by molar-refractivity contribution is 5.87. The van der Waals surface area contributed by atoms with Gasteiger partial charge in [-0.3, -0.25) is 4.68 Å². The number of para-hydroxylation sites is 1. The predicted octanol–water partition coefficient (Wildman–Crippen LogP) is 3.20. The third-order valence-corrected chi connectivity index (χ3v) is 4.16. The molecular formula is C18H18N6. The third kappa shape index (κ3) is 2.52. The van der Waals surface area contributed by atoms with E-state index in [1.54, 1.807) is 23.1 Å². The van der Waals surface area contributed by atoms with E-state index in [2.05, 4.69) is 50.5 Å². The second-order valence-corrected chi connectivity index (χ2v) is 5.84. The zero-order valence-corrected chi connectivity index (χ0v) is 13.6. The number of H-pyrrole nitrogens is 1. The van der Waals surface area contributed by atoms with Crippen molar-refractivity contribution in [1.82, 2.24) is 24.7 Å². The summed E-state index contributed by atoms with van der Waals surface area (Å²) >= 11 is 0. The summed E-state index contributed by atoms with van der Waals surface area (Å²) in [5.74, 6) is 0.591. The van der Waals surface area contributed by atoms with Crippen LogP contribution >= 0.6 is 0 Å². The maximum absolute atomic E-state index is 4.31. The van der Waals surface area contributed by atoms with E-state index in [0.29, 0.717) is 5.95 Å². The smallest absolute Gasteiger partial charge is 0.223 e. The highest BCUT2D eigenvalue weighted by atomic mass is 15.2. The molecule has 1 unspecified atom stereocenters. The Morgan fingerprint density at radius 1 is 1.17 bits per heavy atom. The molecule has 0 amide bonds. The molecule has 0 aliphatic heterocycles. The molecule has 3 heterocycles. The molecule has 1 atom stereocenters. The van der Waals surface area contributed by atoms with Gasteiger partial charge < -0.3 is 10.3 Å². The molecule has 0 saturated heterocycles. The van der Waals surface area contributed by atoms with Crippen molar-refractivity contribution in [2.24, 2.45) is 7.05 Å². The van der Waals surface area contributed by atoms with Gasteiger partial charge in [0.1, 0.15) is 0 Å². The topological polar surface area (TPSA) is 71.4 Å². The van der Waals surface area contributed by atoms with Crippen molar-refractivity contribution in [2.75, 3.05) is 5.32 Å². The van der Waals surface area contributed by atoms with Crippen molar-refractivity contribution in [2.45, 2.75) is 13.0 Å². The lowest BCUT2D eigenvalue weighted by Crippen LogP contribution is -2.13. The summed E-state index contributed by atoms with van der Waals surface area (Å²) in [5, 5.41) is 8.93. The van der Waals surface area contributed by atoms with E-state index in [-0.39, 0.29) is 6.04 Å². The lowest BCUT2D eigenvalue weighted by Gasteiger charge is -2.17. The van der Waals surface area contributed by atoms with Gasteiger partial charge in [-0.25, -0.2) is 9.97 Å². The van der Waals surface area contributed by atoms with Crippen molar-refractivity contribution >= 4 is 16.9 Å². The Morgan fingerprint density at radius 2 is 2.00 bits per heavy atom. The standard InChI is InChI=1S/C18H18N6/c1-12-5-3-6-14-15(10-21-16(12)14)17(13-9-22-24(2)11-13)23-18-19-7-4-8-20-18/h3-11,17,21H,1-2H3,(H,19,20,23). The summed E-state index contributed by atoms with van der Waals surface area (Å²) in [5.41, 5.74) is 4.58. The third-order valence-electron chi connectivity index (χ3n) is 4.16. The quantitative estimate of drug-likeness (QED) is 0.606. The first-order valence-electron chi connectivity index (χ1n) is 7.81. The van der Waals surface area contributed by atoms with Crippen molar-refractivity contribution in [3.63, 3.8) is 0 Å². The van der Waals surface area contributed by atoms with E-state index < -0.39 is 0 Å². The Morgan fingerprint density at radius 3 is 2.75 bits per heavy atom. The number of hydrogen-bond donors (Lipinski definition) is 2. The number of nitrogens with one attached hydrogen (secondary N) is 2. The largest absolute Gasteiger partial charge is 0.361 e. The molecule has 24 heavy (non-hydrogen) atoms. The molecule has 0 fully saturated rings. The fourth-order valence-corrected chi connectivity index (χ4v) is 3.00. The molecule has 6 nitrogen and oxygen atoms in total. The van der Waals surface area contributed by atoms with Gasteiger partial charge in [0.05, 0.1) is 12.2 Å². The van der Waals surface area contributed by atoms with Crippen molar-refractivity contribution in [3.05, 3.63) is 71.9 Å². The van der Waals surface area contributed by atoms with Gasteiger partial charge >= 0.3 is 0 Å². The average Bonchev–Trinajstić information content (AvgIpc) is 3.21. The fraction of sp³-hybridized carbons (Fsp3) is 0.167. The summed E-state index contributed by atoms with van der Waals surface area (Å²) in [4.78, 5) is 12.0. The zero-order valence-electron chi connectivity index (χ0n) is 13.6. The van der Waals surface area contributed by atoms with Crippen LogP contribution in [0.25, 0.3) is 10.9 Å². The van der Waals surface area contributed by atoms with Gasteiger partial charge in [-0.1, -0.05) is 18.2 Å². The Kier molecular flexibility index (Phi) is 3.49. The minimum atomic E-state index is -0.0864. The average molecular weight is 318 g/mol. The monoisotopic (exact) mass is 318 g/mol. The van der Waals surface area contributed by atoms with Gasteiger partial charge in [-0.2, -0.15) is 5.10 Å². The van der Waals surface area contributed by atoms with E-state index >= 15 is 0 Å². The number of aromatic amines is 1. The van der Waals surface area contributed by atoms with Gasteiger partial charge in [0, 0.05) is 53.9 Å². The normalized spacial score (nSPS) is 12.4. The van der Waals surface area contributed by atoms with Crippen LogP contribution in [-0.4, -0.2) is 24.7 Å². The minimum absolute atomic E-state index is 0.0864. The molecule has 3 aromatic heterocycles. The van der Waals surface area contributed by atoms with Crippen LogP contribution in [0.1, 0.15) is 22.7 Å². The molecule has 0 spiro atoms. The Balaban J connectivity index is 1.84. The SMILES string of the molecule is Cc1cccc2c(C(Nc3ncccn3)c3cnn(C)c3)c[nH]c12. The highest BCUT2D eigenvalue weighted by Crippen LogP contribution is 2.32. The second-order valence-electron chi connectivity index (χ2n) is 5.84. The number of hydrogen-bond acceptors (Lipinski definition) is 4. The van der Waals surface area contributed by atoms with Crippen molar-refractivity contribution < 1.29 is 0 Å². The zero-order chi connectivity index (χ0) is 16.5. The molecule has 6 heteroatoms. The van der Waals surface area contributed by atoms with Gasteiger partial charge in [0.15, 0.2) is 0 Å². The maximum Gasteiger partial charge on any atom is 0.223 e. The summed E-state index contributed by atoms with van der Waals surface area (Å²) < 4.78 is 1.80. The van der Waals surface area contributed by atoms with Gasteiger partial charge in [0.2, 0.25) is 5.95 Å². The minimum Gasteiger partial charge on any atom is -0.361 e. The number of anilines is 1. The molecule has 0 radical (unpaired) electrons. The fourth-order valence-electron chi connectivity index (χ4n) is 3.00. The number of aromatic nitrogens is 5. The summed E-state index contributed by atoms with van der Waals surface area (Å²) in [6.45, 7) is 2.11. The predicted molar refractivity (Wildman–Crippen MR) is 93.7 cm³/mol. The van der Waals surface area contributed by atoms with Crippen LogP contribution in [-0.2, 0) is 7.05 Å². The Labute approximate surface area is 139 Å². The molecular weight excluding hydrogens is 300 g/mol. The van der Waals surface area contributed by atoms with Gasteiger partial charge in [0.25, 0.3) is 0 Å². The molecule has 4 rings (SSSR count). The van der Waals surface area contributed by atoms with E-state index in [4.69, 9.17) is 0 Å². The number of fused-ring (bicyclic) bond motifs is 1.